The van der Waals surface area contributed by atoms with Gasteiger partial charge in [0, 0.05) is 5.92 Å². The third-order valence-corrected chi connectivity index (χ3v) is 4.07. The molecule has 1 saturated heterocycles. The third kappa shape index (κ3) is 4.98. The number of carboxylic acid groups (broad SMARTS) is 1. The fourth-order valence-corrected chi connectivity index (χ4v) is 2.99. The molecule has 0 bridgehead atoms. The highest BCUT2D eigenvalue weighted by molar-refractivity contribution is 7.80. The van der Waals surface area contributed by atoms with Gasteiger partial charge in [-0.15, -0.1) is 0 Å². The Labute approximate surface area is 133 Å². The number of rotatable bonds is 6. The molecule has 0 amide bonds. The normalized spacial score (nSPS) is 28.4. The van der Waals surface area contributed by atoms with Crippen LogP contribution in [0, 0.1) is 5.92 Å². The zero-order chi connectivity index (χ0) is 17.0. The van der Waals surface area contributed by atoms with E-state index in [4.69, 9.17) is 19.1 Å². The number of hydrogen-bond donors (Lipinski definition) is 2. The molecule has 2 N–H and O–H groups in total. The van der Waals surface area contributed by atoms with E-state index in [2.05, 4.69) is 4.18 Å². The van der Waals surface area contributed by atoms with Gasteiger partial charge in [0.2, 0.25) is 0 Å². The van der Waals surface area contributed by atoms with Gasteiger partial charge in [-0.1, -0.05) is 37.3 Å². The molecule has 0 radical (unpaired) electrons. The first-order chi connectivity index (χ1) is 10.8. The van der Waals surface area contributed by atoms with Crippen LogP contribution in [-0.2, 0) is 35.5 Å². The van der Waals surface area contributed by atoms with E-state index < -0.39 is 40.6 Å². The summed E-state index contributed by atoms with van der Waals surface area (Å²) < 4.78 is 46.1. The second-order valence-corrected chi connectivity index (χ2v) is 6.32. The lowest BCUT2D eigenvalue weighted by Crippen LogP contribution is -2.53. The maximum Gasteiger partial charge on any atom is 0.397 e. The SMILES string of the molecule is C[C@@H]1C(C(=O)O)OCC(OS(=O)(=O)O)[C@@H]1OCc1ccccc1. The van der Waals surface area contributed by atoms with Crippen LogP contribution in [0.25, 0.3) is 0 Å². The van der Waals surface area contributed by atoms with Gasteiger partial charge in [0.05, 0.1) is 19.3 Å². The van der Waals surface area contributed by atoms with Crippen LogP contribution < -0.4 is 0 Å². The number of benzene rings is 1. The Hall–Kier alpha value is -1.52. The van der Waals surface area contributed by atoms with Gasteiger partial charge in [-0.25, -0.2) is 8.98 Å². The smallest absolute Gasteiger partial charge is 0.397 e. The van der Waals surface area contributed by atoms with E-state index in [1.807, 2.05) is 30.3 Å². The van der Waals surface area contributed by atoms with Crippen LogP contribution in [0.1, 0.15) is 12.5 Å². The average molecular weight is 346 g/mol. The standard InChI is InChI=1S/C14H18O8S/c1-9-12(20-7-10-5-3-2-4-6-10)11(22-23(17,18)19)8-21-13(9)14(15)16/h2-6,9,11-13H,7-8H2,1H3,(H,15,16)(H,17,18,19)/t9-,11?,12+,13?/m0/s1. The van der Waals surface area contributed by atoms with Crippen LogP contribution in [0.15, 0.2) is 30.3 Å². The van der Waals surface area contributed by atoms with Gasteiger partial charge in [0.25, 0.3) is 0 Å². The van der Waals surface area contributed by atoms with Crippen molar-refractivity contribution in [3.8, 4) is 0 Å². The van der Waals surface area contributed by atoms with E-state index in [1.54, 1.807) is 6.92 Å². The number of aliphatic carboxylic acids is 1. The van der Waals surface area contributed by atoms with E-state index >= 15 is 0 Å². The van der Waals surface area contributed by atoms with Crippen LogP contribution in [-0.4, -0.2) is 49.0 Å². The molecule has 0 spiro atoms. The zero-order valence-corrected chi connectivity index (χ0v) is 13.2. The quantitative estimate of drug-likeness (QED) is 0.729. The highest BCUT2D eigenvalue weighted by Gasteiger charge is 2.44. The summed E-state index contributed by atoms with van der Waals surface area (Å²) in [5.41, 5.74) is 0.837. The Morgan fingerprint density at radius 2 is 2.00 bits per heavy atom. The lowest BCUT2D eigenvalue weighted by atomic mass is 9.91. The molecule has 8 nitrogen and oxygen atoms in total. The Bertz CT molecular complexity index is 629. The highest BCUT2D eigenvalue weighted by Crippen LogP contribution is 2.28. The maximum absolute atomic E-state index is 11.2. The van der Waals surface area contributed by atoms with Crippen LogP contribution in [0.4, 0.5) is 0 Å². The summed E-state index contributed by atoms with van der Waals surface area (Å²) in [6.45, 7) is 1.39. The summed E-state index contributed by atoms with van der Waals surface area (Å²) in [7, 11) is -4.71. The molecule has 1 aromatic rings. The van der Waals surface area contributed by atoms with Gasteiger partial charge in [0.1, 0.15) is 6.10 Å². The van der Waals surface area contributed by atoms with E-state index in [9.17, 15) is 13.2 Å². The topological polar surface area (TPSA) is 119 Å². The predicted octanol–water partition coefficient (Wildman–Crippen LogP) is 0.879. The minimum atomic E-state index is -4.71. The van der Waals surface area contributed by atoms with Crippen molar-refractivity contribution >= 4 is 16.4 Å². The van der Waals surface area contributed by atoms with Crippen molar-refractivity contribution in [1.82, 2.24) is 0 Å². The van der Waals surface area contributed by atoms with Gasteiger partial charge >= 0.3 is 16.4 Å². The molecule has 9 heteroatoms. The molecule has 1 fully saturated rings. The van der Waals surface area contributed by atoms with Crippen LogP contribution in [0.2, 0.25) is 0 Å². The lowest BCUT2D eigenvalue weighted by Gasteiger charge is -2.38. The number of carboxylic acids is 1. The van der Waals surface area contributed by atoms with Gasteiger partial charge in [0.15, 0.2) is 6.10 Å². The van der Waals surface area contributed by atoms with E-state index in [0.29, 0.717) is 0 Å². The molecule has 1 aliphatic rings. The minimum Gasteiger partial charge on any atom is -0.479 e. The molecule has 23 heavy (non-hydrogen) atoms. The van der Waals surface area contributed by atoms with E-state index in [0.717, 1.165) is 5.56 Å². The van der Waals surface area contributed by atoms with Crippen molar-refractivity contribution in [3.05, 3.63) is 35.9 Å². The van der Waals surface area contributed by atoms with Crippen molar-refractivity contribution in [1.29, 1.82) is 0 Å². The molecule has 2 unspecified atom stereocenters. The second kappa shape index (κ2) is 7.37. The summed E-state index contributed by atoms with van der Waals surface area (Å²) in [6.07, 6.45) is -3.14. The van der Waals surface area contributed by atoms with Gasteiger partial charge < -0.3 is 14.6 Å². The van der Waals surface area contributed by atoms with Crippen molar-refractivity contribution in [2.75, 3.05) is 6.61 Å². The molecule has 1 aliphatic heterocycles. The molecule has 1 aromatic carbocycles. The van der Waals surface area contributed by atoms with Crippen LogP contribution in [0.5, 0.6) is 0 Å². The molecular formula is C14H18O8S. The Balaban J connectivity index is 2.13. The number of ether oxygens (including phenoxy) is 2. The molecule has 0 aromatic heterocycles. The molecule has 0 saturated carbocycles. The monoisotopic (exact) mass is 346 g/mol. The third-order valence-electron chi connectivity index (χ3n) is 3.58. The molecular weight excluding hydrogens is 328 g/mol. The fraction of sp³-hybridized carbons (Fsp3) is 0.500. The van der Waals surface area contributed by atoms with Crippen molar-refractivity contribution in [2.24, 2.45) is 5.92 Å². The Morgan fingerprint density at radius 3 is 2.57 bits per heavy atom. The summed E-state index contributed by atoms with van der Waals surface area (Å²) in [5, 5.41) is 9.14. The van der Waals surface area contributed by atoms with Crippen molar-refractivity contribution < 1.29 is 36.5 Å². The fourth-order valence-electron chi connectivity index (χ4n) is 2.52. The maximum atomic E-state index is 11.2. The Kier molecular flexibility index (Phi) is 5.71. The van der Waals surface area contributed by atoms with Crippen molar-refractivity contribution in [3.63, 3.8) is 0 Å². The minimum absolute atomic E-state index is 0.146. The lowest BCUT2D eigenvalue weighted by molar-refractivity contribution is -0.190. The number of hydrogen-bond acceptors (Lipinski definition) is 6. The summed E-state index contributed by atoms with van der Waals surface area (Å²) in [5.74, 6) is -1.84. The second-order valence-electron chi connectivity index (χ2n) is 5.27. The summed E-state index contributed by atoms with van der Waals surface area (Å²) >= 11 is 0. The number of carbonyl (C=O) groups is 1. The first-order valence-corrected chi connectivity index (χ1v) is 8.30. The largest absolute Gasteiger partial charge is 0.479 e. The molecule has 2 rings (SSSR count). The van der Waals surface area contributed by atoms with Gasteiger partial charge in [-0.05, 0) is 5.56 Å². The first-order valence-electron chi connectivity index (χ1n) is 6.93. The highest BCUT2D eigenvalue weighted by atomic mass is 32.3. The van der Waals surface area contributed by atoms with Crippen molar-refractivity contribution in [2.45, 2.75) is 31.8 Å². The first kappa shape index (κ1) is 17.8. The van der Waals surface area contributed by atoms with Crippen LogP contribution >= 0.6 is 0 Å². The zero-order valence-electron chi connectivity index (χ0n) is 12.4. The summed E-state index contributed by atoms with van der Waals surface area (Å²) in [6, 6.07) is 9.11. The van der Waals surface area contributed by atoms with E-state index in [1.165, 1.54) is 0 Å². The molecule has 0 aliphatic carbocycles. The predicted molar refractivity (Wildman–Crippen MR) is 78.0 cm³/mol. The molecule has 1 heterocycles. The Morgan fingerprint density at radius 1 is 1.35 bits per heavy atom. The molecule has 4 atom stereocenters. The van der Waals surface area contributed by atoms with Crippen LogP contribution in [0.3, 0.4) is 0 Å². The molecule has 128 valence electrons. The van der Waals surface area contributed by atoms with Gasteiger partial charge in [-0.3, -0.25) is 4.55 Å². The van der Waals surface area contributed by atoms with Gasteiger partial charge in [-0.2, -0.15) is 8.42 Å². The summed E-state index contributed by atoms with van der Waals surface area (Å²) in [4.78, 5) is 11.2. The average Bonchev–Trinajstić information content (AvgIpc) is 2.46. The van der Waals surface area contributed by atoms with E-state index in [-0.39, 0.29) is 13.2 Å².